The second-order valence-electron chi connectivity index (χ2n) is 2.36. The molecule has 0 aliphatic carbocycles. The summed E-state index contributed by atoms with van der Waals surface area (Å²) in [6.45, 7) is 1.86. The molecule has 0 bridgehead atoms. The summed E-state index contributed by atoms with van der Waals surface area (Å²) < 4.78 is 1.05. The lowest BCUT2D eigenvalue weighted by atomic mass is 10.5. The third-order valence-electron chi connectivity index (χ3n) is 1.54. The van der Waals surface area contributed by atoms with Crippen molar-refractivity contribution in [2.24, 2.45) is 5.73 Å². The van der Waals surface area contributed by atoms with Gasteiger partial charge in [-0.25, -0.2) is 10.9 Å². The number of thiol groups is 1. The first-order chi connectivity index (χ1) is 5.11. The first-order valence-corrected chi connectivity index (χ1v) is 5.58. The molecule has 0 saturated carbocycles. The third kappa shape index (κ3) is 2.10. The molecule has 1 aliphatic rings. The van der Waals surface area contributed by atoms with Crippen LogP contribution in [0.5, 0.6) is 0 Å². The lowest BCUT2D eigenvalue weighted by molar-refractivity contribution is -0.117. The van der Waals surface area contributed by atoms with Crippen LogP contribution < -0.4 is 5.73 Å². The molecule has 4 heteroatoms. The summed E-state index contributed by atoms with van der Waals surface area (Å²) >= 11 is 3.33. The minimum Gasteiger partial charge on any atom is -0.369 e. The van der Waals surface area contributed by atoms with Crippen molar-refractivity contribution in [3.05, 3.63) is 21.4 Å². The molecule has 1 amide bonds. The number of hydrogen-bond acceptors (Lipinski definition) is 1. The summed E-state index contributed by atoms with van der Waals surface area (Å²) in [7, 11) is -0.449. The van der Waals surface area contributed by atoms with Gasteiger partial charge in [0.2, 0.25) is 5.91 Å². The predicted molar refractivity (Wildman–Crippen MR) is 53.8 cm³/mol. The van der Waals surface area contributed by atoms with Gasteiger partial charge in [-0.2, -0.15) is 0 Å². The van der Waals surface area contributed by atoms with Crippen LogP contribution in [0.25, 0.3) is 0 Å². The van der Waals surface area contributed by atoms with Gasteiger partial charge >= 0.3 is 0 Å². The van der Waals surface area contributed by atoms with Crippen molar-refractivity contribution in [3.8, 4) is 0 Å². The van der Waals surface area contributed by atoms with Crippen LogP contribution in [0.3, 0.4) is 0 Å². The molecular weight excluding hydrogens is 226 g/mol. The van der Waals surface area contributed by atoms with E-state index >= 15 is 0 Å². The van der Waals surface area contributed by atoms with E-state index in [4.69, 9.17) is 5.73 Å². The highest BCUT2D eigenvalue weighted by atomic mass is 79.9. The number of carbonyl (C=O) groups excluding carboxylic acids is 1. The number of allylic oxidation sites excluding steroid dienone is 2. The van der Waals surface area contributed by atoms with Gasteiger partial charge < -0.3 is 5.73 Å². The number of amides is 1. The number of rotatable bonds is 2. The van der Waals surface area contributed by atoms with Gasteiger partial charge in [0, 0.05) is 4.48 Å². The third-order valence-corrected chi connectivity index (χ3v) is 4.60. The molecular formula is C7H10BrNOS. The molecule has 1 heterocycles. The van der Waals surface area contributed by atoms with Crippen molar-refractivity contribution in [1.82, 2.24) is 0 Å². The average molecular weight is 236 g/mol. The van der Waals surface area contributed by atoms with E-state index in [1.165, 1.54) is 0 Å². The lowest BCUT2D eigenvalue weighted by Gasteiger charge is -2.15. The monoisotopic (exact) mass is 235 g/mol. The van der Waals surface area contributed by atoms with E-state index in [-0.39, 0.29) is 11.2 Å². The molecule has 62 valence electrons. The zero-order valence-corrected chi connectivity index (χ0v) is 8.60. The van der Waals surface area contributed by atoms with Crippen LogP contribution >= 0.6 is 26.8 Å². The summed E-state index contributed by atoms with van der Waals surface area (Å²) in [5, 5.41) is 4.04. The minimum absolute atomic E-state index is 0.0451. The quantitative estimate of drug-likeness (QED) is 0.703. The molecule has 0 aromatic heterocycles. The van der Waals surface area contributed by atoms with Gasteiger partial charge in [0.05, 0.1) is 5.25 Å². The van der Waals surface area contributed by atoms with Gasteiger partial charge in [-0.3, -0.25) is 4.79 Å². The molecule has 0 radical (unpaired) electrons. The fourth-order valence-electron chi connectivity index (χ4n) is 0.774. The number of carbonyl (C=O) groups is 1. The standard InChI is InChI=1S/C7H10BrNOS/c1-5(7(9)10)11-3-2-6(8)4-11/h2-5,11H,1H3,(H2,9,10). The van der Waals surface area contributed by atoms with Crippen LogP contribution in [0.1, 0.15) is 6.92 Å². The van der Waals surface area contributed by atoms with Crippen molar-refractivity contribution in [3.63, 3.8) is 0 Å². The zero-order valence-electron chi connectivity index (χ0n) is 6.12. The van der Waals surface area contributed by atoms with E-state index in [9.17, 15) is 4.79 Å². The normalized spacial score (nSPS) is 28.2. The first-order valence-electron chi connectivity index (χ1n) is 3.23. The van der Waals surface area contributed by atoms with E-state index in [0.29, 0.717) is 0 Å². The van der Waals surface area contributed by atoms with Crippen molar-refractivity contribution < 1.29 is 4.79 Å². The van der Waals surface area contributed by atoms with E-state index in [1.54, 1.807) is 0 Å². The van der Waals surface area contributed by atoms with E-state index in [1.807, 2.05) is 23.8 Å². The zero-order chi connectivity index (χ0) is 8.43. The molecule has 0 saturated heterocycles. The second kappa shape index (κ2) is 3.45. The van der Waals surface area contributed by atoms with Gasteiger partial charge in [-0.1, -0.05) is 15.9 Å². The predicted octanol–water partition coefficient (Wildman–Crippen LogP) is 1.62. The van der Waals surface area contributed by atoms with Crippen molar-refractivity contribution >= 4 is 32.7 Å². The number of primary amides is 1. The Kier molecular flexibility index (Phi) is 2.78. The molecule has 2 nitrogen and oxygen atoms in total. The Balaban J connectivity index is 2.65. The summed E-state index contributed by atoms with van der Waals surface area (Å²) in [5.41, 5.74) is 5.16. The highest BCUT2D eigenvalue weighted by Crippen LogP contribution is 2.41. The number of hydrogen-bond donors (Lipinski definition) is 2. The van der Waals surface area contributed by atoms with Gasteiger partial charge in [0.15, 0.2) is 0 Å². The second-order valence-corrected chi connectivity index (χ2v) is 5.50. The Bertz CT molecular complexity index is 237. The van der Waals surface area contributed by atoms with Crippen LogP contribution in [-0.4, -0.2) is 11.2 Å². The molecule has 1 rings (SSSR count). The summed E-state index contributed by atoms with van der Waals surface area (Å²) in [6.07, 6.45) is 1.96. The molecule has 0 fully saturated rings. The molecule has 2 N–H and O–H groups in total. The SMILES string of the molecule is CC(C(N)=O)[SH]1C=CC(Br)=C1. The van der Waals surface area contributed by atoms with Crippen LogP contribution in [0.4, 0.5) is 0 Å². The fraction of sp³-hybridized carbons (Fsp3) is 0.286. The maximum atomic E-state index is 10.8. The largest absolute Gasteiger partial charge is 0.369 e. The van der Waals surface area contributed by atoms with Crippen molar-refractivity contribution in [2.75, 3.05) is 0 Å². The topological polar surface area (TPSA) is 43.1 Å². The molecule has 2 atom stereocenters. The van der Waals surface area contributed by atoms with Crippen molar-refractivity contribution in [2.45, 2.75) is 12.2 Å². The number of nitrogens with two attached hydrogens (primary N) is 1. The molecule has 11 heavy (non-hydrogen) atoms. The van der Waals surface area contributed by atoms with Gasteiger partial charge in [0.25, 0.3) is 0 Å². The Hall–Kier alpha value is -0.220. The fourth-order valence-corrected chi connectivity index (χ4v) is 3.38. The van der Waals surface area contributed by atoms with Crippen LogP contribution in [0.2, 0.25) is 0 Å². The lowest BCUT2D eigenvalue weighted by Crippen LogP contribution is -2.24. The Morgan fingerprint density at radius 1 is 1.82 bits per heavy atom. The summed E-state index contributed by atoms with van der Waals surface area (Å²) in [6, 6.07) is 0. The Labute approximate surface area is 77.0 Å². The highest BCUT2D eigenvalue weighted by molar-refractivity contribution is 9.12. The van der Waals surface area contributed by atoms with Crippen LogP contribution in [0, 0.1) is 0 Å². The highest BCUT2D eigenvalue weighted by Gasteiger charge is 2.16. The molecule has 0 aromatic rings. The maximum absolute atomic E-state index is 10.8. The average Bonchev–Trinajstić information content (AvgIpc) is 2.34. The van der Waals surface area contributed by atoms with E-state index < -0.39 is 10.9 Å². The van der Waals surface area contributed by atoms with E-state index in [2.05, 4.69) is 15.9 Å². The van der Waals surface area contributed by atoms with Crippen LogP contribution in [-0.2, 0) is 4.79 Å². The summed E-state index contributed by atoms with van der Waals surface area (Å²) in [4.78, 5) is 10.8. The number of halogens is 1. The molecule has 2 unspecified atom stereocenters. The molecule has 0 spiro atoms. The smallest absolute Gasteiger partial charge is 0.229 e. The Morgan fingerprint density at radius 3 is 2.82 bits per heavy atom. The van der Waals surface area contributed by atoms with Crippen LogP contribution in [0.15, 0.2) is 21.4 Å². The molecule has 0 aromatic carbocycles. The van der Waals surface area contributed by atoms with Gasteiger partial charge in [0.1, 0.15) is 0 Å². The van der Waals surface area contributed by atoms with Crippen molar-refractivity contribution in [1.29, 1.82) is 0 Å². The first kappa shape index (κ1) is 8.87. The Morgan fingerprint density at radius 2 is 2.45 bits per heavy atom. The van der Waals surface area contributed by atoms with Gasteiger partial charge in [-0.05, 0) is 23.8 Å². The molecule has 1 aliphatic heterocycles. The van der Waals surface area contributed by atoms with E-state index in [0.717, 1.165) is 4.48 Å². The minimum atomic E-state index is -0.449. The maximum Gasteiger partial charge on any atom is 0.229 e. The van der Waals surface area contributed by atoms with Gasteiger partial charge in [-0.15, -0.1) is 0 Å². The summed E-state index contributed by atoms with van der Waals surface area (Å²) in [5.74, 6) is -0.223.